The summed E-state index contributed by atoms with van der Waals surface area (Å²) in [6.07, 6.45) is 0.254. The van der Waals surface area contributed by atoms with Gasteiger partial charge in [-0.2, -0.15) is 0 Å². The van der Waals surface area contributed by atoms with Crippen molar-refractivity contribution in [2.75, 3.05) is 10.6 Å². The Labute approximate surface area is 199 Å². The minimum atomic E-state index is -0.838. The van der Waals surface area contributed by atoms with Crippen LogP contribution in [0.3, 0.4) is 0 Å². The van der Waals surface area contributed by atoms with Gasteiger partial charge >= 0.3 is 0 Å². The third-order valence-corrected chi connectivity index (χ3v) is 5.33. The van der Waals surface area contributed by atoms with Crippen molar-refractivity contribution in [3.63, 3.8) is 0 Å². The maximum atomic E-state index is 13.6. The average molecular weight is 476 g/mol. The Morgan fingerprint density at radius 2 is 1.66 bits per heavy atom. The van der Waals surface area contributed by atoms with Crippen LogP contribution in [0.5, 0.6) is 0 Å². The SMILES string of the molecule is CCC(=O)Nc1ccc(C)cc1-c1nc2ccccc2n(CC(=O)Nc2cc(F)cc(F)c2)c1=O. The highest BCUT2D eigenvalue weighted by atomic mass is 19.1. The van der Waals surface area contributed by atoms with E-state index in [9.17, 15) is 23.2 Å². The highest BCUT2D eigenvalue weighted by molar-refractivity contribution is 5.96. The first-order valence-corrected chi connectivity index (χ1v) is 10.9. The Balaban J connectivity index is 1.81. The van der Waals surface area contributed by atoms with Crippen LogP contribution in [-0.4, -0.2) is 21.4 Å². The average Bonchev–Trinajstić information content (AvgIpc) is 2.81. The van der Waals surface area contributed by atoms with Crippen molar-refractivity contribution < 1.29 is 18.4 Å². The molecule has 0 saturated heterocycles. The van der Waals surface area contributed by atoms with Gasteiger partial charge in [0.25, 0.3) is 5.56 Å². The fourth-order valence-corrected chi connectivity index (χ4v) is 3.70. The first-order chi connectivity index (χ1) is 16.7. The lowest BCUT2D eigenvalue weighted by Gasteiger charge is -2.15. The smallest absolute Gasteiger partial charge is 0.278 e. The number of hydrogen-bond acceptors (Lipinski definition) is 4. The number of hydrogen-bond donors (Lipinski definition) is 2. The van der Waals surface area contributed by atoms with Gasteiger partial charge in [-0.15, -0.1) is 0 Å². The van der Waals surface area contributed by atoms with Gasteiger partial charge in [0.2, 0.25) is 11.8 Å². The molecule has 0 radical (unpaired) electrons. The van der Waals surface area contributed by atoms with E-state index in [1.165, 1.54) is 4.57 Å². The van der Waals surface area contributed by atoms with Crippen LogP contribution in [0.2, 0.25) is 0 Å². The summed E-state index contributed by atoms with van der Waals surface area (Å²) in [6, 6.07) is 14.7. The molecule has 2 N–H and O–H groups in total. The number of benzene rings is 3. The van der Waals surface area contributed by atoms with Crippen LogP contribution in [0.25, 0.3) is 22.3 Å². The number of para-hydroxylation sites is 2. The molecule has 178 valence electrons. The molecule has 0 saturated carbocycles. The number of halogens is 2. The van der Waals surface area contributed by atoms with E-state index in [2.05, 4.69) is 15.6 Å². The highest BCUT2D eigenvalue weighted by Gasteiger charge is 2.19. The fraction of sp³-hybridized carbons (Fsp3) is 0.154. The van der Waals surface area contributed by atoms with E-state index in [0.29, 0.717) is 28.4 Å². The molecule has 0 atom stereocenters. The molecule has 0 aliphatic heterocycles. The monoisotopic (exact) mass is 476 g/mol. The molecule has 0 bridgehead atoms. The summed E-state index contributed by atoms with van der Waals surface area (Å²) < 4.78 is 28.3. The number of aryl methyl sites for hydroxylation is 1. The van der Waals surface area contributed by atoms with Crippen molar-refractivity contribution in [3.05, 3.63) is 88.2 Å². The molecule has 9 heteroatoms. The first kappa shape index (κ1) is 23.7. The third-order valence-electron chi connectivity index (χ3n) is 5.33. The molecule has 0 fully saturated rings. The molecule has 1 aromatic heterocycles. The van der Waals surface area contributed by atoms with E-state index in [1.54, 1.807) is 49.4 Å². The number of aromatic nitrogens is 2. The maximum absolute atomic E-state index is 13.6. The van der Waals surface area contributed by atoms with Gasteiger partial charge in [-0.05, 0) is 43.3 Å². The lowest BCUT2D eigenvalue weighted by molar-refractivity contribution is -0.117. The molecule has 4 aromatic rings. The molecular formula is C26H22F2N4O3. The summed E-state index contributed by atoms with van der Waals surface area (Å²) in [5, 5.41) is 5.21. The number of nitrogens with zero attached hydrogens (tertiary/aromatic N) is 2. The number of fused-ring (bicyclic) bond motifs is 1. The number of anilines is 2. The number of nitrogens with one attached hydrogen (secondary N) is 2. The van der Waals surface area contributed by atoms with Crippen molar-refractivity contribution in [1.82, 2.24) is 9.55 Å². The standard InChI is InChI=1S/C26H22F2N4O3/c1-3-23(33)30-20-9-8-15(2)10-19(20)25-26(35)32(22-7-5-4-6-21(22)31-25)14-24(34)29-18-12-16(27)11-17(28)13-18/h4-13H,3,14H2,1-2H3,(H,29,34)(H,30,33). The van der Waals surface area contributed by atoms with Gasteiger partial charge in [-0.1, -0.05) is 30.7 Å². The van der Waals surface area contributed by atoms with Crippen LogP contribution in [0.15, 0.2) is 65.5 Å². The van der Waals surface area contributed by atoms with E-state index in [-0.39, 0.29) is 23.7 Å². The predicted octanol–water partition coefficient (Wildman–Crippen LogP) is 4.64. The quantitative estimate of drug-likeness (QED) is 0.424. The molecule has 0 aliphatic carbocycles. The lowest BCUT2D eigenvalue weighted by Crippen LogP contribution is -2.30. The van der Waals surface area contributed by atoms with Gasteiger partial charge in [-0.3, -0.25) is 19.0 Å². The van der Waals surface area contributed by atoms with Crippen molar-refractivity contribution in [2.45, 2.75) is 26.8 Å². The van der Waals surface area contributed by atoms with Gasteiger partial charge in [0.15, 0.2) is 0 Å². The second kappa shape index (κ2) is 9.84. The molecule has 1 heterocycles. The van der Waals surface area contributed by atoms with Crippen molar-refractivity contribution >= 4 is 34.2 Å². The lowest BCUT2D eigenvalue weighted by atomic mass is 10.1. The summed E-state index contributed by atoms with van der Waals surface area (Å²) in [7, 11) is 0. The fourth-order valence-electron chi connectivity index (χ4n) is 3.70. The van der Waals surface area contributed by atoms with E-state index >= 15 is 0 Å². The number of amides is 2. The minimum absolute atomic E-state index is 0.0587. The summed E-state index contributed by atoms with van der Waals surface area (Å²) in [4.78, 5) is 42.9. The number of carbonyl (C=O) groups excluding carboxylic acids is 2. The molecular weight excluding hydrogens is 454 g/mol. The van der Waals surface area contributed by atoms with Crippen LogP contribution >= 0.6 is 0 Å². The van der Waals surface area contributed by atoms with Crippen LogP contribution in [0.4, 0.5) is 20.2 Å². The van der Waals surface area contributed by atoms with Crippen LogP contribution in [0, 0.1) is 18.6 Å². The maximum Gasteiger partial charge on any atom is 0.278 e. The van der Waals surface area contributed by atoms with Gasteiger partial charge in [0.05, 0.1) is 16.7 Å². The molecule has 0 unspecified atom stereocenters. The van der Waals surface area contributed by atoms with E-state index in [0.717, 1.165) is 17.7 Å². The Morgan fingerprint density at radius 1 is 0.943 bits per heavy atom. The van der Waals surface area contributed by atoms with Crippen molar-refractivity contribution in [3.8, 4) is 11.3 Å². The van der Waals surface area contributed by atoms with Gasteiger partial charge in [-0.25, -0.2) is 13.8 Å². The first-order valence-electron chi connectivity index (χ1n) is 10.9. The molecule has 2 amide bonds. The van der Waals surface area contributed by atoms with Crippen LogP contribution < -0.4 is 16.2 Å². The van der Waals surface area contributed by atoms with Crippen molar-refractivity contribution in [1.29, 1.82) is 0 Å². The summed E-state index contributed by atoms with van der Waals surface area (Å²) in [5.74, 6) is -2.55. The molecule has 0 spiro atoms. The highest BCUT2D eigenvalue weighted by Crippen LogP contribution is 2.27. The zero-order chi connectivity index (χ0) is 25.1. The Bertz CT molecular complexity index is 1490. The van der Waals surface area contributed by atoms with E-state index < -0.39 is 29.6 Å². The topological polar surface area (TPSA) is 93.1 Å². The molecule has 7 nitrogen and oxygen atoms in total. The van der Waals surface area contributed by atoms with Crippen LogP contribution in [0.1, 0.15) is 18.9 Å². The van der Waals surface area contributed by atoms with E-state index in [4.69, 9.17) is 0 Å². The molecule has 0 aliphatic rings. The van der Waals surface area contributed by atoms with Crippen molar-refractivity contribution in [2.24, 2.45) is 0 Å². The van der Waals surface area contributed by atoms with Gasteiger partial charge in [0, 0.05) is 23.7 Å². The zero-order valence-electron chi connectivity index (χ0n) is 19.1. The zero-order valence-corrected chi connectivity index (χ0v) is 19.1. The summed E-state index contributed by atoms with van der Waals surface area (Å²) in [5.41, 5.74) is 2.00. The third kappa shape index (κ3) is 5.24. The summed E-state index contributed by atoms with van der Waals surface area (Å²) >= 11 is 0. The normalized spacial score (nSPS) is 10.9. The number of carbonyl (C=O) groups is 2. The Hall–Kier alpha value is -4.40. The minimum Gasteiger partial charge on any atom is -0.325 e. The number of rotatable bonds is 6. The molecule has 35 heavy (non-hydrogen) atoms. The molecule has 3 aromatic carbocycles. The Morgan fingerprint density at radius 3 is 2.37 bits per heavy atom. The Kier molecular flexibility index (Phi) is 6.68. The largest absolute Gasteiger partial charge is 0.325 e. The van der Waals surface area contributed by atoms with E-state index in [1.807, 2.05) is 6.92 Å². The molecule has 4 rings (SSSR count). The second-order valence-electron chi connectivity index (χ2n) is 8.00. The van der Waals surface area contributed by atoms with Crippen LogP contribution in [-0.2, 0) is 16.1 Å². The predicted molar refractivity (Wildman–Crippen MR) is 130 cm³/mol. The van der Waals surface area contributed by atoms with Gasteiger partial charge in [0.1, 0.15) is 23.9 Å². The van der Waals surface area contributed by atoms with Gasteiger partial charge < -0.3 is 10.6 Å². The summed E-state index contributed by atoms with van der Waals surface area (Å²) in [6.45, 7) is 3.14. The second-order valence-corrected chi connectivity index (χ2v) is 8.00.